The summed E-state index contributed by atoms with van der Waals surface area (Å²) in [7, 11) is 0. The highest BCUT2D eigenvalue weighted by molar-refractivity contribution is 9.10. The molecule has 0 heterocycles. The molecule has 0 radical (unpaired) electrons. The lowest BCUT2D eigenvalue weighted by molar-refractivity contribution is 0.0553. The van der Waals surface area contributed by atoms with Crippen molar-refractivity contribution in [2.24, 2.45) is 0 Å². The summed E-state index contributed by atoms with van der Waals surface area (Å²) in [5.41, 5.74) is 0.500. The lowest BCUT2D eigenvalue weighted by atomic mass is 10.1. The summed E-state index contributed by atoms with van der Waals surface area (Å²) in [5.74, 6) is 0.843. The molecule has 1 aromatic carbocycles. The molecule has 1 aromatic rings. The fourth-order valence-corrected chi connectivity index (χ4v) is 1.84. The molecule has 102 valence electrons. The maximum Gasteiger partial charge on any atom is 0.119 e. The maximum absolute atomic E-state index is 9.61. The van der Waals surface area contributed by atoms with Crippen LogP contribution in [0.25, 0.3) is 0 Å². The van der Waals surface area contributed by atoms with Crippen molar-refractivity contribution in [2.75, 3.05) is 13.2 Å². The van der Waals surface area contributed by atoms with Crippen molar-refractivity contribution in [1.29, 1.82) is 0 Å². The molecule has 18 heavy (non-hydrogen) atoms. The van der Waals surface area contributed by atoms with Gasteiger partial charge in [-0.2, -0.15) is 0 Å². The van der Waals surface area contributed by atoms with Crippen molar-refractivity contribution in [1.82, 2.24) is 5.32 Å². The molecule has 3 nitrogen and oxygen atoms in total. The van der Waals surface area contributed by atoms with Crippen molar-refractivity contribution in [3.8, 4) is 5.75 Å². The zero-order chi connectivity index (χ0) is 13.6. The topological polar surface area (TPSA) is 41.5 Å². The van der Waals surface area contributed by atoms with Crippen LogP contribution in [0.4, 0.5) is 0 Å². The fourth-order valence-electron chi connectivity index (χ4n) is 1.45. The summed E-state index contributed by atoms with van der Waals surface area (Å²) in [6.07, 6.45) is 0.617. The first-order chi connectivity index (χ1) is 8.42. The van der Waals surface area contributed by atoms with Crippen LogP contribution in [0.1, 0.15) is 32.8 Å². The van der Waals surface area contributed by atoms with Gasteiger partial charge in [0.2, 0.25) is 0 Å². The van der Waals surface area contributed by atoms with E-state index in [1.807, 2.05) is 18.2 Å². The van der Waals surface area contributed by atoms with E-state index < -0.39 is 5.60 Å². The number of aliphatic hydroxyl groups is 1. The summed E-state index contributed by atoms with van der Waals surface area (Å²) in [4.78, 5) is 0. The Kier molecular flexibility index (Phi) is 6.12. The quantitative estimate of drug-likeness (QED) is 0.812. The Hall–Kier alpha value is -0.580. The number of rotatable bonds is 7. The highest BCUT2D eigenvalue weighted by Gasteiger charge is 2.12. The fraction of sp³-hybridized carbons (Fsp3) is 0.571. The number of hydrogen-bond donors (Lipinski definition) is 2. The van der Waals surface area contributed by atoms with Crippen molar-refractivity contribution < 1.29 is 9.84 Å². The van der Waals surface area contributed by atoms with E-state index in [9.17, 15) is 5.11 Å². The predicted molar refractivity (Wildman–Crippen MR) is 77.9 cm³/mol. The lowest BCUT2D eigenvalue weighted by Crippen LogP contribution is -2.21. The van der Waals surface area contributed by atoms with Crippen LogP contribution in [0.5, 0.6) is 5.75 Å². The lowest BCUT2D eigenvalue weighted by Gasteiger charge is -2.17. The predicted octanol–water partition coefficient (Wildman–Crippen LogP) is 3.10. The molecule has 0 unspecified atom stereocenters. The number of ether oxygens (including phenoxy) is 1. The minimum absolute atomic E-state index is 0.520. The van der Waals surface area contributed by atoms with Gasteiger partial charge in [0, 0.05) is 17.4 Å². The van der Waals surface area contributed by atoms with Crippen LogP contribution in [0.2, 0.25) is 0 Å². The Labute approximate surface area is 118 Å². The van der Waals surface area contributed by atoms with Gasteiger partial charge in [0.05, 0.1) is 12.2 Å². The molecule has 4 heteroatoms. The monoisotopic (exact) mass is 315 g/mol. The largest absolute Gasteiger partial charge is 0.493 e. The Bertz CT molecular complexity index is 375. The number of nitrogens with one attached hydrogen (secondary N) is 1. The molecule has 2 N–H and O–H groups in total. The zero-order valence-electron chi connectivity index (χ0n) is 11.3. The normalized spacial score (nSPS) is 11.6. The average molecular weight is 316 g/mol. The summed E-state index contributed by atoms with van der Waals surface area (Å²) in [6.45, 7) is 7.93. The molecule has 0 amide bonds. The molecule has 0 fully saturated rings. The summed E-state index contributed by atoms with van der Waals surface area (Å²) >= 11 is 3.53. The van der Waals surface area contributed by atoms with Gasteiger partial charge in [-0.15, -0.1) is 0 Å². The van der Waals surface area contributed by atoms with Crippen LogP contribution in [-0.4, -0.2) is 23.9 Å². The highest BCUT2D eigenvalue weighted by Crippen LogP contribution is 2.23. The van der Waals surface area contributed by atoms with Crippen LogP contribution >= 0.6 is 15.9 Å². The Balaban J connectivity index is 2.56. The highest BCUT2D eigenvalue weighted by atomic mass is 79.9. The first-order valence-electron chi connectivity index (χ1n) is 6.26. The molecule has 0 aliphatic heterocycles. The zero-order valence-corrected chi connectivity index (χ0v) is 12.9. The third-order valence-corrected chi connectivity index (χ3v) is 3.34. The standard InChI is InChI=1S/C14H22BrNO2/c1-4-16-10-11-9-12(5-6-13(11)15)18-8-7-14(2,3)17/h5-6,9,16-17H,4,7-8,10H2,1-3H3. The Morgan fingerprint density at radius 3 is 2.72 bits per heavy atom. The van der Waals surface area contributed by atoms with Gasteiger partial charge < -0.3 is 15.2 Å². The first-order valence-corrected chi connectivity index (χ1v) is 7.06. The molecule has 0 atom stereocenters. The molecular weight excluding hydrogens is 294 g/mol. The van der Waals surface area contributed by atoms with E-state index in [1.165, 1.54) is 5.56 Å². The van der Waals surface area contributed by atoms with Crippen LogP contribution in [0.3, 0.4) is 0 Å². The van der Waals surface area contributed by atoms with E-state index in [1.54, 1.807) is 13.8 Å². The summed E-state index contributed by atoms with van der Waals surface area (Å²) in [6, 6.07) is 5.95. The van der Waals surface area contributed by atoms with Gasteiger partial charge in [-0.3, -0.25) is 0 Å². The second-order valence-electron chi connectivity index (χ2n) is 4.94. The number of hydrogen-bond acceptors (Lipinski definition) is 3. The van der Waals surface area contributed by atoms with Gasteiger partial charge in [-0.05, 0) is 44.2 Å². The molecule has 0 aromatic heterocycles. The van der Waals surface area contributed by atoms with E-state index in [0.717, 1.165) is 23.3 Å². The number of halogens is 1. The van der Waals surface area contributed by atoms with Gasteiger partial charge >= 0.3 is 0 Å². The molecular formula is C14H22BrNO2. The number of benzene rings is 1. The smallest absolute Gasteiger partial charge is 0.119 e. The molecule has 0 saturated carbocycles. The van der Waals surface area contributed by atoms with Crippen molar-refractivity contribution in [2.45, 2.75) is 39.3 Å². The van der Waals surface area contributed by atoms with Crippen LogP contribution in [-0.2, 0) is 6.54 Å². The van der Waals surface area contributed by atoms with Crippen LogP contribution in [0, 0.1) is 0 Å². The van der Waals surface area contributed by atoms with Gasteiger partial charge in [-0.25, -0.2) is 0 Å². The van der Waals surface area contributed by atoms with Crippen molar-refractivity contribution in [3.05, 3.63) is 28.2 Å². The molecule has 0 saturated heterocycles. The van der Waals surface area contributed by atoms with E-state index in [2.05, 4.69) is 28.2 Å². The van der Waals surface area contributed by atoms with Crippen LogP contribution < -0.4 is 10.1 Å². The Morgan fingerprint density at radius 2 is 2.11 bits per heavy atom. The molecule has 0 aliphatic rings. The van der Waals surface area contributed by atoms with E-state index >= 15 is 0 Å². The van der Waals surface area contributed by atoms with Gasteiger partial charge in [0.1, 0.15) is 5.75 Å². The van der Waals surface area contributed by atoms with Crippen molar-refractivity contribution >= 4 is 15.9 Å². The maximum atomic E-state index is 9.61. The van der Waals surface area contributed by atoms with Gasteiger partial charge in [0.25, 0.3) is 0 Å². The minimum atomic E-state index is -0.679. The van der Waals surface area contributed by atoms with E-state index in [0.29, 0.717) is 13.0 Å². The summed E-state index contributed by atoms with van der Waals surface area (Å²) in [5, 5.41) is 12.9. The molecule has 1 rings (SSSR count). The SMILES string of the molecule is CCNCc1cc(OCCC(C)(C)O)ccc1Br. The molecule has 0 bridgehead atoms. The minimum Gasteiger partial charge on any atom is -0.493 e. The average Bonchev–Trinajstić information content (AvgIpc) is 2.28. The third kappa shape index (κ3) is 5.85. The Morgan fingerprint density at radius 1 is 1.39 bits per heavy atom. The van der Waals surface area contributed by atoms with E-state index in [-0.39, 0.29) is 0 Å². The molecule has 0 aliphatic carbocycles. The second kappa shape index (κ2) is 7.12. The second-order valence-corrected chi connectivity index (χ2v) is 5.80. The summed E-state index contributed by atoms with van der Waals surface area (Å²) < 4.78 is 6.73. The van der Waals surface area contributed by atoms with Crippen molar-refractivity contribution in [3.63, 3.8) is 0 Å². The van der Waals surface area contributed by atoms with Crippen LogP contribution in [0.15, 0.2) is 22.7 Å². The first kappa shape index (κ1) is 15.5. The van der Waals surface area contributed by atoms with Gasteiger partial charge in [-0.1, -0.05) is 22.9 Å². The third-order valence-electron chi connectivity index (χ3n) is 2.57. The van der Waals surface area contributed by atoms with Gasteiger partial charge in [0.15, 0.2) is 0 Å². The van der Waals surface area contributed by atoms with E-state index in [4.69, 9.17) is 4.74 Å². The molecule has 0 spiro atoms.